The fourth-order valence-electron chi connectivity index (χ4n) is 2.17. The van der Waals surface area contributed by atoms with Gasteiger partial charge in [-0.15, -0.1) is 11.3 Å². The fraction of sp³-hybridized carbons (Fsp3) is 0.333. The number of halogens is 2. The Bertz CT molecular complexity index is 553. The highest BCUT2D eigenvalue weighted by molar-refractivity contribution is 7.10. The number of rotatable bonds is 5. The summed E-state index contributed by atoms with van der Waals surface area (Å²) in [6, 6.07) is 6.96. The first-order chi connectivity index (χ1) is 9.11. The summed E-state index contributed by atoms with van der Waals surface area (Å²) in [5.41, 5.74) is 1.91. The Labute approximate surface area is 122 Å². The number of aryl methyl sites for hydroxylation is 1. The summed E-state index contributed by atoms with van der Waals surface area (Å²) in [7, 11) is 0. The van der Waals surface area contributed by atoms with Gasteiger partial charge in [-0.1, -0.05) is 18.5 Å². The maximum Gasteiger partial charge on any atom is 0.126 e. The molecule has 1 N–H and O–H groups in total. The molecule has 0 saturated heterocycles. The quantitative estimate of drug-likeness (QED) is 0.840. The molecule has 1 atom stereocenters. The van der Waals surface area contributed by atoms with Crippen LogP contribution in [0.3, 0.4) is 0 Å². The average molecular weight is 298 g/mol. The van der Waals surface area contributed by atoms with Crippen molar-refractivity contribution in [3.63, 3.8) is 0 Å². The summed E-state index contributed by atoms with van der Waals surface area (Å²) >= 11 is 7.66. The highest BCUT2D eigenvalue weighted by atomic mass is 35.5. The molecule has 0 spiro atoms. The molecule has 2 aromatic rings. The van der Waals surface area contributed by atoms with Gasteiger partial charge in [0.2, 0.25) is 0 Å². The second-order valence-electron chi connectivity index (χ2n) is 4.52. The Balaban J connectivity index is 2.26. The van der Waals surface area contributed by atoms with Crippen molar-refractivity contribution in [2.24, 2.45) is 0 Å². The molecule has 1 nitrogen and oxygen atoms in total. The molecule has 1 unspecified atom stereocenters. The largest absolute Gasteiger partial charge is 0.309 e. The second kappa shape index (κ2) is 6.51. The smallest absolute Gasteiger partial charge is 0.126 e. The first-order valence-electron chi connectivity index (χ1n) is 6.33. The zero-order chi connectivity index (χ0) is 13.8. The van der Waals surface area contributed by atoms with Crippen LogP contribution >= 0.6 is 22.9 Å². The van der Waals surface area contributed by atoms with E-state index < -0.39 is 0 Å². The molecule has 0 aliphatic rings. The Morgan fingerprint density at radius 1 is 1.37 bits per heavy atom. The van der Waals surface area contributed by atoms with Crippen LogP contribution in [0.5, 0.6) is 0 Å². The number of hydrogen-bond donors (Lipinski definition) is 1. The second-order valence-corrected chi connectivity index (χ2v) is 5.90. The summed E-state index contributed by atoms with van der Waals surface area (Å²) in [6.45, 7) is 5.00. The van der Waals surface area contributed by atoms with Crippen LogP contribution in [-0.4, -0.2) is 6.54 Å². The zero-order valence-electron chi connectivity index (χ0n) is 11.0. The van der Waals surface area contributed by atoms with Crippen LogP contribution in [0.15, 0.2) is 29.6 Å². The molecular weight excluding hydrogens is 281 g/mol. The van der Waals surface area contributed by atoms with Gasteiger partial charge in [0.25, 0.3) is 0 Å². The molecule has 0 bridgehead atoms. The van der Waals surface area contributed by atoms with Gasteiger partial charge in [-0.2, -0.15) is 0 Å². The standard InChI is InChI=1S/C15H17ClFNS/c1-3-18-14(15-10(2)6-7-19-15)9-11-8-12(16)4-5-13(11)17/h4-8,14,18H,3,9H2,1-2H3. The Morgan fingerprint density at radius 2 is 2.16 bits per heavy atom. The number of likely N-dealkylation sites (N-methyl/N-ethyl adjacent to an activating group) is 1. The lowest BCUT2D eigenvalue weighted by molar-refractivity contribution is 0.533. The van der Waals surface area contributed by atoms with Crippen LogP contribution in [0.2, 0.25) is 5.02 Å². The van der Waals surface area contributed by atoms with E-state index >= 15 is 0 Å². The molecule has 19 heavy (non-hydrogen) atoms. The lowest BCUT2D eigenvalue weighted by atomic mass is 10.0. The third-order valence-corrected chi connectivity index (χ3v) is 4.47. The normalized spacial score (nSPS) is 12.6. The molecule has 0 amide bonds. The number of hydrogen-bond acceptors (Lipinski definition) is 2. The van der Waals surface area contributed by atoms with Crippen molar-refractivity contribution in [2.45, 2.75) is 26.3 Å². The summed E-state index contributed by atoms with van der Waals surface area (Å²) in [4.78, 5) is 1.27. The number of nitrogens with one attached hydrogen (secondary N) is 1. The van der Waals surface area contributed by atoms with E-state index in [0.29, 0.717) is 17.0 Å². The van der Waals surface area contributed by atoms with E-state index in [9.17, 15) is 4.39 Å². The summed E-state index contributed by atoms with van der Waals surface area (Å²) in [5, 5.41) is 6.07. The van der Waals surface area contributed by atoms with Crippen LogP contribution in [0.1, 0.15) is 29.0 Å². The monoisotopic (exact) mass is 297 g/mol. The van der Waals surface area contributed by atoms with Gasteiger partial charge in [-0.05, 0) is 60.7 Å². The minimum absolute atomic E-state index is 0.137. The van der Waals surface area contributed by atoms with Gasteiger partial charge in [-0.3, -0.25) is 0 Å². The van der Waals surface area contributed by atoms with Crippen LogP contribution in [0.25, 0.3) is 0 Å². The number of benzene rings is 1. The van der Waals surface area contributed by atoms with Crippen molar-refractivity contribution in [3.8, 4) is 0 Å². The Kier molecular flexibility index (Phi) is 4.97. The highest BCUT2D eigenvalue weighted by Crippen LogP contribution is 2.28. The van der Waals surface area contributed by atoms with E-state index in [1.54, 1.807) is 23.5 Å². The van der Waals surface area contributed by atoms with Crippen molar-refractivity contribution in [1.82, 2.24) is 5.32 Å². The summed E-state index contributed by atoms with van der Waals surface area (Å²) in [5.74, 6) is -0.193. The molecular formula is C15H17ClFNS. The van der Waals surface area contributed by atoms with E-state index in [-0.39, 0.29) is 11.9 Å². The molecule has 4 heteroatoms. The summed E-state index contributed by atoms with van der Waals surface area (Å²) < 4.78 is 13.8. The van der Waals surface area contributed by atoms with Gasteiger partial charge in [0.15, 0.2) is 0 Å². The molecule has 0 aliphatic heterocycles. The predicted octanol–water partition coefficient (Wildman–Crippen LogP) is 4.74. The third-order valence-electron chi connectivity index (χ3n) is 3.10. The van der Waals surface area contributed by atoms with Gasteiger partial charge >= 0.3 is 0 Å². The van der Waals surface area contributed by atoms with Gasteiger partial charge in [0, 0.05) is 15.9 Å². The van der Waals surface area contributed by atoms with E-state index in [1.807, 2.05) is 0 Å². The molecule has 1 aromatic carbocycles. The van der Waals surface area contributed by atoms with Crippen LogP contribution in [0.4, 0.5) is 4.39 Å². The summed E-state index contributed by atoms with van der Waals surface area (Å²) in [6.07, 6.45) is 0.613. The van der Waals surface area contributed by atoms with Crippen molar-refractivity contribution in [2.75, 3.05) is 6.54 Å². The van der Waals surface area contributed by atoms with E-state index in [4.69, 9.17) is 11.6 Å². The first kappa shape index (κ1) is 14.5. The molecule has 0 radical (unpaired) electrons. The topological polar surface area (TPSA) is 12.0 Å². The van der Waals surface area contributed by atoms with Gasteiger partial charge < -0.3 is 5.32 Å². The molecule has 102 valence electrons. The van der Waals surface area contributed by atoms with E-state index in [1.165, 1.54) is 16.5 Å². The van der Waals surface area contributed by atoms with Gasteiger partial charge in [0.05, 0.1) is 0 Å². The molecule has 2 rings (SSSR count). The fourth-order valence-corrected chi connectivity index (χ4v) is 3.36. The minimum atomic E-state index is -0.193. The maximum absolute atomic E-state index is 13.8. The highest BCUT2D eigenvalue weighted by Gasteiger charge is 2.17. The van der Waals surface area contributed by atoms with E-state index in [0.717, 1.165) is 6.54 Å². The minimum Gasteiger partial charge on any atom is -0.309 e. The molecule has 0 saturated carbocycles. The van der Waals surface area contributed by atoms with Crippen molar-refractivity contribution in [3.05, 3.63) is 56.5 Å². The predicted molar refractivity (Wildman–Crippen MR) is 80.6 cm³/mol. The van der Waals surface area contributed by atoms with Crippen molar-refractivity contribution in [1.29, 1.82) is 0 Å². The molecule has 0 aliphatic carbocycles. The SMILES string of the molecule is CCNC(Cc1cc(Cl)ccc1F)c1sccc1C. The third kappa shape index (κ3) is 3.56. The first-order valence-corrected chi connectivity index (χ1v) is 7.59. The van der Waals surface area contributed by atoms with Crippen LogP contribution in [0, 0.1) is 12.7 Å². The molecule has 1 heterocycles. The Hall–Kier alpha value is -0.900. The lowest BCUT2D eigenvalue weighted by Crippen LogP contribution is -2.23. The zero-order valence-corrected chi connectivity index (χ0v) is 12.6. The Morgan fingerprint density at radius 3 is 2.79 bits per heavy atom. The number of thiophene rings is 1. The van der Waals surface area contributed by atoms with Crippen molar-refractivity contribution >= 4 is 22.9 Å². The van der Waals surface area contributed by atoms with Crippen molar-refractivity contribution < 1.29 is 4.39 Å². The van der Waals surface area contributed by atoms with E-state index in [2.05, 4.69) is 30.6 Å². The maximum atomic E-state index is 13.8. The van der Waals surface area contributed by atoms with Gasteiger partial charge in [0.1, 0.15) is 5.82 Å². The average Bonchev–Trinajstić information content (AvgIpc) is 2.79. The lowest BCUT2D eigenvalue weighted by Gasteiger charge is -2.18. The molecule has 0 fully saturated rings. The van der Waals surface area contributed by atoms with Crippen LogP contribution in [-0.2, 0) is 6.42 Å². The van der Waals surface area contributed by atoms with Crippen LogP contribution < -0.4 is 5.32 Å². The molecule has 1 aromatic heterocycles. The van der Waals surface area contributed by atoms with Gasteiger partial charge in [-0.25, -0.2) is 4.39 Å².